The molecule has 2 heteroatoms. The van der Waals surface area contributed by atoms with Gasteiger partial charge in [-0.25, -0.2) is 0 Å². The Morgan fingerprint density at radius 1 is 1.34 bits per heavy atom. The molecule has 3 unspecified atom stereocenters. The van der Waals surface area contributed by atoms with Crippen molar-refractivity contribution in [1.82, 2.24) is 0 Å². The summed E-state index contributed by atoms with van der Waals surface area (Å²) in [5.74, 6) is 1.74. The Labute approximate surface area is 178 Å². The van der Waals surface area contributed by atoms with Crippen LogP contribution < -0.4 is 0 Å². The molecular weight excluding hydrogens is 356 g/mol. The van der Waals surface area contributed by atoms with E-state index in [9.17, 15) is 5.11 Å². The average Bonchev–Trinajstić information content (AvgIpc) is 2.72. The Kier molecular flexibility index (Phi) is 9.39. The summed E-state index contributed by atoms with van der Waals surface area (Å²) in [7, 11) is 0. The first-order valence-corrected chi connectivity index (χ1v) is 11.2. The van der Waals surface area contributed by atoms with Crippen LogP contribution >= 0.6 is 0 Å². The molecule has 0 aromatic rings. The number of ether oxygens (including phenoxy) is 1. The number of hydrogen-bond acceptors (Lipinski definition) is 2. The second-order valence-electron chi connectivity index (χ2n) is 8.55. The van der Waals surface area contributed by atoms with Crippen molar-refractivity contribution in [3.05, 3.63) is 72.4 Å². The lowest BCUT2D eigenvalue weighted by Gasteiger charge is -2.39. The third-order valence-electron chi connectivity index (χ3n) is 6.67. The molecule has 0 aliphatic heterocycles. The molecule has 160 valence electrons. The van der Waals surface area contributed by atoms with Gasteiger partial charge in [0.05, 0.1) is 12.2 Å². The zero-order valence-corrected chi connectivity index (χ0v) is 18.8. The van der Waals surface area contributed by atoms with E-state index in [-0.39, 0.29) is 12.0 Å². The Hall–Kier alpha value is -1.64. The van der Waals surface area contributed by atoms with Gasteiger partial charge in [0.2, 0.25) is 0 Å². The van der Waals surface area contributed by atoms with Gasteiger partial charge in [-0.1, -0.05) is 50.0 Å². The van der Waals surface area contributed by atoms with Crippen molar-refractivity contribution in [2.75, 3.05) is 6.61 Å². The first kappa shape index (κ1) is 23.6. The highest BCUT2D eigenvalue weighted by Gasteiger charge is 2.35. The fourth-order valence-corrected chi connectivity index (χ4v) is 4.94. The second-order valence-corrected chi connectivity index (χ2v) is 8.55. The Balaban J connectivity index is 2.35. The molecule has 2 aliphatic carbocycles. The van der Waals surface area contributed by atoms with Crippen LogP contribution in [-0.4, -0.2) is 23.9 Å². The summed E-state index contributed by atoms with van der Waals surface area (Å²) in [6.07, 6.45) is 18.4. The predicted octanol–water partition coefficient (Wildman–Crippen LogP) is 6.57. The quantitative estimate of drug-likeness (QED) is 0.353. The van der Waals surface area contributed by atoms with Crippen molar-refractivity contribution < 1.29 is 9.84 Å². The third kappa shape index (κ3) is 5.93. The lowest BCUT2D eigenvalue weighted by molar-refractivity contribution is 0.0908. The molecule has 0 bridgehead atoms. The predicted molar refractivity (Wildman–Crippen MR) is 125 cm³/mol. The van der Waals surface area contributed by atoms with E-state index in [1.807, 2.05) is 19.9 Å². The van der Waals surface area contributed by atoms with Crippen molar-refractivity contribution in [2.24, 2.45) is 23.7 Å². The van der Waals surface area contributed by atoms with E-state index in [1.54, 1.807) is 6.08 Å². The zero-order chi connectivity index (χ0) is 21.4. The van der Waals surface area contributed by atoms with E-state index in [2.05, 4.69) is 57.4 Å². The summed E-state index contributed by atoms with van der Waals surface area (Å²) in [6.45, 7) is 17.2. The van der Waals surface area contributed by atoms with Crippen LogP contribution in [0.5, 0.6) is 0 Å². The molecule has 2 aliphatic rings. The average molecular weight is 397 g/mol. The first-order chi connectivity index (χ1) is 14.0. The number of aliphatic hydroxyl groups is 1. The second kappa shape index (κ2) is 11.5. The van der Waals surface area contributed by atoms with E-state index in [0.717, 1.165) is 30.4 Å². The van der Waals surface area contributed by atoms with Crippen molar-refractivity contribution >= 4 is 0 Å². The molecule has 0 radical (unpaired) electrons. The molecule has 6 atom stereocenters. The van der Waals surface area contributed by atoms with Crippen LogP contribution in [0.15, 0.2) is 72.4 Å². The van der Waals surface area contributed by atoms with Gasteiger partial charge < -0.3 is 9.84 Å². The van der Waals surface area contributed by atoms with Gasteiger partial charge in [-0.3, -0.25) is 0 Å². The van der Waals surface area contributed by atoms with Gasteiger partial charge in [-0.05, 0) is 87.0 Å². The minimum atomic E-state index is -0.567. The van der Waals surface area contributed by atoms with Crippen LogP contribution in [-0.2, 0) is 4.74 Å². The van der Waals surface area contributed by atoms with E-state index >= 15 is 0 Å². The molecule has 2 nitrogen and oxygen atoms in total. The van der Waals surface area contributed by atoms with E-state index < -0.39 is 6.10 Å². The highest BCUT2D eigenvalue weighted by atomic mass is 16.5. The van der Waals surface area contributed by atoms with E-state index in [4.69, 9.17) is 4.74 Å². The maximum absolute atomic E-state index is 11.6. The molecule has 1 N–H and O–H groups in total. The number of allylic oxidation sites excluding steroid dienone is 5. The van der Waals surface area contributed by atoms with Crippen LogP contribution in [0.1, 0.15) is 53.4 Å². The Morgan fingerprint density at radius 3 is 2.72 bits per heavy atom. The lowest BCUT2D eigenvalue weighted by Crippen LogP contribution is -2.34. The zero-order valence-electron chi connectivity index (χ0n) is 18.8. The van der Waals surface area contributed by atoms with Crippen LogP contribution in [0.4, 0.5) is 0 Å². The number of hydrogen-bond donors (Lipinski definition) is 1. The van der Waals surface area contributed by atoms with Gasteiger partial charge in [0.25, 0.3) is 0 Å². The Bertz CT molecular complexity index is 679. The van der Waals surface area contributed by atoms with Crippen molar-refractivity contribution in [1.29, 1.82) is 0 Å². The van der Waals surface area contributed by atoms with Gasteiger partial charge in [0.15, 0.2) is 0 Å². The van der Waals surface area contributed by atoms with E-state index in [0.29, 0.717) is 24.4 Å². The highest BCUT2D eigenvalue weighted by Crippen LogP contribution is 2.42. The number of rotatable bonds is 9. The summed E-state index contributed by atoms with van der Waals surface area (Å²) in [5, 5.41) is 11.6. The standard InChI is InChI=1S/C27H40O2/c1-7-11-24(22-15-13-19(5)21(9-3)17-22)27(28)25(12-8-2)26-18-23(29-10-4)16-14-20(26)6/h7-9,11-12,14,18-19,21-24,27-28H,2-3,10,13,15-17H2,1,4-6H3/b11-7?,25-12+/t19?,21?,22-,23?,24+,27+/m1/s1. The van der Waals surface area contributed by atoms with Crippen molar-refractivity contribution in [3.8, 4) is 0 Å². The summed E-state index contributed by atoms with van der Waals surface area (Å²) in [5.41, 5.74) is 3.25. The molecule has 1 saturated carbocycles. The minimum Gasteiger partial charge on any atom is -0.388 e. The SMILES string of the molecule is C=C/C=C(\C1=CC(OCC)CC=C1C)[C@@H](O)[C@@H](C=CC)[C@@H]1CCC(C)C(C=C)C1. The van der Waals surface area contributed by atoms with Gasteiger partial charge in [0.1, 0.15) is 0 Å². The smallest absolute Gasteiger partial charge is 0.0861 e. The number of aliphatic hydroxyl groups excluding tert-OH is 1. The lowest BCUT2D eigenvalue weighted by atomic mass is 9.68. The molecule has 1 fully saturated rings. The summed E-state index contributed by atoms with van der Waals surface area (Å²) >= 11 is 0. The third-order valence-corrected chi connectivity index (χ3v) is 6.67. The molecule has 0 aromatic heterocycles. The normalized spacial score (nSPS) is 30.4. The summed E-state index contributed by atoms with van der Waals surface area (Å²) in [6, 6.07) is 0. The first-order valence-electron chi connectivity index (χ1n) is 11.2. The molecule has 29 heavy (non-hydrogen) atoms. The van der Waals surface area contributed by atoms with Gasteiger partial charge in [-0.15, -0.1) is 6.58 Å². The van der Waals surface area contributed by atoms with Crippen LogP contribution in [0.25, 0.3) is 0 Å². The maximum atomic E-state index is 11.6. The maximum Gasteiger partial charge on any atom is 0.0861 e. The van der Waals surface area contributed by atoms with Crippen LogP contribution in [0.3, 0.4) is 0 Å². The summed E-state index contributed by atoms with van der Waals surface area (Å²) in [4.78, 5) is 0. The van der Waals surface area contributed by atoms with Crippen molar-refractivity contribution in [2.45, 2.75) is 65.6 Å². The monoisotopic (exact) mass is 396 g/mol. The Morgan fingerprint density at radius 2 is 2.10 bits per heavy atom. The van der Waals surface area contributed by atoms with Gasteiger partial charge in [-0.2, -0.15) is 0 Å². The van der Waals surface area contributed by atoms with Crippen LogP contribution in [0, 0.1) is 23.7 Å². The summed E-state index contributed by atoms with van der Waals surface area (Å²) < 4.78 is 5.85. The fourth-order valence-electron chi connectivity index (χ4n) is 4.94. The largest absolute Gasteiger partial charge is 0.388 e. The minimum absolute atomic E-state index is 0.0694. The van der Waals surface area contributed by atoms with Crippen LogP contribution in [0.2, 0.25) is 0 Å². The molecule has 2 rings (SSSR count). The van der Waals surface area contributed by atoms with Crippen molar-refractivity contribution in [3.63, 3.8) is 0 Å². The molecule has 0 heterocycles. The molecule has 0 saturated heterocycles. The highest BCUT2D eigenvalue weighted by molar-refractivity contribution is 5.51. The molecular formula is C27H40O2. The van der Waals surface area contributed by atoms with Gasteiger partial charge >= 0.3 is 0 Å². The molecule has 0 aromatic carbocycles. The van der Waals surface area contributed by atoms with E-state index in [1.165, 1.54) is 12.0 Å². The fraction of sp³-hybridized carbons (Fsp3) is 0.556. The molecule has 0 spiro atoms. The van der Waals surface area contributed by atoms with Gasteiger partial charge in [0, 0.05) is 12.5 Å². The molecule has 0 amide bonds. The topological polar surface area (TPSA) is 29.5 Å².